The van der Waals surface area contributed by atoms with Crippen LogP contribution in [0.1, 0.15) is 12.5 Å². The summed E-state index contributed by atoms with van der Waals surface area (Å²) in [6, 6.07) is 1.28. The third kappa shape index (κ3) is 1.78. The predicted molar refractivity (Wildman–Crippen MR) is 55.8 cm³/mol. The normalized spacial score (nSPS) is 24.6. The van der Waals surface area contributed by atoms with Gasteiger partial charge in [-0.2, -0.15) is 0 Å². The highest BCUT2D eigenvalue weighted by molar-refractivity contribution is 5.96. The number of nitrogens with two attached hydrogens (primary N) is 1. The van der Waals surface area contributed by atoms with E-state index in [0.29, 0.717) is 12.0 Å². The molecule has 1 aliphatic rings. The summed E-state index contributed by atoms with van der Waals surface area (Å²) in [6.07, 6.45) is 0.379. The molecule has 1 heterocycles. The number of halogens is 2. The van der Waals surface area contributed by atoms with E-state index >= 15 is 0 Å². The molecule has 3 nitrogen and oxygen atoms in total. The zero-order chi connectivity index (χ0) is 11.9. The molecule has 2 rings (SSSR count). The molecular formula is C11H12F2N2O. The molecule has 0 bridgehead atoms. The molecule has 16 heavy (non-hydrogen) atoms. The molecule has 1 amide bonds. The number of amides is 1. The summed E-state index contributed by atoms with van der Waals surface area (Å²) >= 11 is 0. The third-order valence-electron chi connectivity index (χ3n) is 2.84. The molecule has 1 aromatic rings. The topological polar surface area (TPSA) is 55.1 Å². The molecule has 0 aromatic heterocycles. The number of carbonyl (C=O) groups is 1. The van der Waals surface area contributed by atoms with Crippen molar-refractivity contribution < 1.29 is 13.6 Å². The molecule has 0 saturated heterocycles. The zero-order valence-electron chi connectivity index (χ0n) is 8.76. The van der Waals surface area contributed by atoms with E-state index in [2.05, 4.69) is 5.32 Å². The molecule has 0 unspecified atom stereocenters. The number of nitrogens with one attached hydrogen (secondary N) is 1. The van der Waals surface area contributed by atoms with Gasteiger partial charge in [-0.3, -0.25) is 4.79 Å². The maximum Gasteiger partial charge on any atom is 0.241 e. The minimum Gasteiger partial charge on any atom is -0.322 e. The number of benzene rings is 1. The van der Waals surface area contributed by atoms with Crippen LogP contribution in [-0.4, -0.2) is 11.9 Å². The second-order valence-corrected chi connectivity index (χ2v) is 4.12. The Morgan fingerprint density at radius 1 is 1.44 bits per heavy atom. The Balaban J connectivity index is 2.51. The first kappa shape index (κ1) is 11.0. The number of carbonyl (C=O) groups excluding carboxylic acids is 1. The largest absolute Gasteiger partial charge is 0.322 e. The number of hydrogen-bond donors (Lipinski definition) is 2. The van der Waals surface area contributed by atoms with Crippen LogP contribution < -0.4 is 11.1 Å². The number of hydrogen-bond acceptors (Lipinski definition) is 2. The first-order valence-electron chi connectivity index (χ1n) is 5.03. The van der Waals surface area contributed by atoms with Crippen molar-refractivity contribution in [2.24, 2.45) is 11.7 Å². The average Bonchev–Trinajstić information content (AvgIpc) is 2.29. The minimum atomic E-state index is -0.760. The van der Waals surface area contributed by atoms with E-state index in [0.717, 1.165) is 6.07 Å². The van der Waals surface area contributed by atoms with Gasteiger partial charge in [0.25, 0.3) is 0 Å². The summed E-state index contributed by atoms with van der Waals surface area (Å²) in [7, 11) is 0. The van der Waals surface area contributed by atoms with E-state index in [1.807, 2.05) is 0 Å². The lowest BCUT2D eigenvalue weighted by molar-refractivity contribution is -0.118. The highest BCUT2D eigenvalue weighted by Gasteiger charge is 2.28. The number of fused-ring (bicyclic) bond motifs is 1. The molecule has 0 spiro atoms. The van der Waals surface area contributed by atoms with Gasteiger partial charge in [-0.15, -0.1) is 0 Å². The Labute approximate surface area is 91.6 Å². The van der Waals surface area contributed by atoms with Gasteiger partial charge in [0.2, 0.25) is 5.91 Å². The van der Waals surface area contributed by atoms with E-state index in [4.69, 9.17) is 5.73 Å². The van der Waals surface area contributed by atoms with Crippen molar-refractivity contribution in [3.63, 3.8) is 0 Å². The SMILES string of the molecule is C[C@@H]1Cc2cc(F)cc(F)c2NC(=O)[C@@H]1N. The Morgan fingerprint density at radius 2 is 2.12 bits per heavy atom. The quantitative estimate of drug-likeness (QED) is 0.703. The van der Waals surface area contributed by atoms with Gasteiger partial charge in [0, 0.05) is 6.07 Å². The smallest absolute Gasteiger partial charge is 0.241 e. The highest BCUT2D eigenvalue weighted by atomic mass is 19.1. The second kappa shape index (κ2) is 3.83. The molecule has 3 N–H and O–H groups in total. The Kier molecular flexibility index (Phi) is 2.63. The first-order chi connectivity index (χ1) is 7.49. The third-order valence-corrected chi connectivity index (χ3v) is 2.84. The molecule has 1 aliphatic heterocycles. The Bertz CT molecular complexity index is 448. The molecule has 2 atom stereocenters. The van der Waals surface area contributed by atoms with Crippen LogP contribution in [0.5, 0.6) is 0 Å². The number of rotatable bonds is 0. The molecule has 0 saturated carbocycles. The fourth-order valence-electron chi connectivity index (χ4n) is 1.87. The summed E-state index contributed by atoms with van der Waals surface area (Å²) in [4.78, 5) is 11.5. The maximum absolute atomic E-state index is 13.4. The van der Waals surface area contributed by atoms with Crippen molar-refractivity contribution in [1.82, 2.24) is 0 Å². The van der Waals surface area contributed by atoms with Gasteiger partial charge in [-0.05, 0) is 24.0 Å². The molecule has 0 radical (unpaired) electrons. The molecule has 0 fully saturated rings. The van der Waals surface area contributed by atoms with Gasteiger partial charge in [0.1, 0.15) is 11.6 Å². The van der Waals surface area contributed by atoms with E-state index in [1.54, 1.807) is 6.92 Å². The Hall–Kier alpha value is -1.49. The first-order valence-corrected chi connectivity index (χ1v) is 5.03. The fourth-order valence-corrected chi connectivity index (χ4v) is 1.87. The molecular weight excluding hydrogens is 214 g/mol. The highest BCUT2D eigenvalue weighted by Crippen LogP contribution is 2.28. The predicted octanol–water partition coefficient (Wildman–Crippen LogP) is 1.42. The minimum absolute atomic E-state index is 0.0474. The van der Waals surface area contributed by atoms with Gasteiger partial charge in [0.05, 0.1) is 11.7 Å². The number of anilines is 1. The lowest BCUT2D eigenvalue weighted by Crippen LogP contribution is -2.39. The van der Waals surface area contributed by atoms with E-state index < -0.39 is 23.6 Å². The Morgan fingerprint density at radius 3 is 2.81 bits per heavy atom. The van der Waals surface area contributed by atoms with Crippen LogP contribution in [-0.2, 0) is 11.2 Å². The van der Waals surface area contributed by atoms with Crippen molar-refractivity contribution in [3.05, 3.63) is 29.3 Å². The fraction of sp³-hybridized carbons (Fsp3) is 0.364. The van der Waals surface area contributed by atoms with Crippen LogP contribution in [0.4, 0.5) is 14.5 Å². The molecule has 5 heteroatoms. The van der Waals surface area contributed by atoms with Crippen molar-refractivity contribution in [2.45, 2.75) is 19.4 Å². The molecule has 1 aromatic carbocycles. The van der Waals surface area contributed by atoms with Crippen molar-refractivity contribution in [2.75, 3.05) is 5.32 Å². The molecule has 0 aliphatic carbocycles. The van der Waals surface area contributed by atoms with Crippen LogP contribution in [0, 0.1) is 17.6 Å². The lowest BCUT2D eigenvalue weighted by Gasteiger charge is -2.13. The summed E-state index contributed by atoms with van der Waals surface area (Å²) in [5.41, 5.74) is 6.16. The van der Waals surface area contributed by atoms with Gasteiger partial charge < -0.3 is 11.1 Å². The van der Waals surface area contributed by atoms with Crippen molar-refractivity contribution >= 4 is 11.6 Å². The van der Waals surface area contributed by atoms with Crippen LogP contribution >= 0.6 is 0 Å². The van der Waals surface area contributed by atoms with Gasteiger partial charge in [-0.1, -0.05) is 6.92 Å². The van der Waals surface area contributed by atoms with E-state index in [9.17, 15) is 13.6 Å². The summed E-state index contributed by atoms with van der Waals surface area (Å²) in [5, 5.41) is 2.39. The van der Waals surface area contributed by atoms with Crippen LogP contribution in [0.2, 0.25) is 0 Å². The maximum atomic E-state index is 13.4. The van der Waals surface area contributed by atoms with Crippen molar-refractivity contribution in [1.29, 1.82) is 0 Å². The average molecular weight is 226 g/mol. The molecule has 86 valence electrons. The van der Waals surface area contributed by atoms with Gasteiger partial charge >= 0.3 is 0 Å². The van der Waals surface area contributed by atoms with Gasteiger partial charge in [0.15, 0.2) is 0 Å². The standard InChI is InChI=1S/C11H12F2N2O/c1-5-2-6-3-7(12)4-8(13)10(6)15-11(16)9(5)14/h3-5,9H,2,14H2,1H3,(H,15,16)/t5-,9-/m1/s1. The summed E-state index contributed by atoms with van der Waals surface area (Å²) in [6.45, 7) is 1.78. The van der Waals surface area contributed by atoms with E-state index in [1.165, 1.54) is 6.07 Å². The van der Waals surface area contributed by atoms with Crippen LogP contribution in [0.15, 0.2) is 12.1 Å². The van der Waals surface area contributed by atoms with Crippen LogP contribution in [0.25, 0.3) is 0 Å². The second-order valence-electron chi connectivity index (χ2n) is 4.12. The lowest BCUT2D eigenvalue weighted by atomic mass is 9.95. The van der Waals surface area contributed by atoms with Crippen LogP contribution in [0.3, 0.4) is 0 Å². The van der Waals surface area contributed by atoms with E-state index in [-0.39, 0.29) is 11.6 Å². The van der Waals surface area contributed by atoms with Gasteiger partial charge in [-0.25, -0.2) is 8.78 Å². The monoisotopic (exact) mass is 226 g/mol. The zero-order valence-corrected chi connectivity index (χ0v) is 8.76. The summed E-state index contributed by atoms with van der Waals surface area (Å²) in [5.74, 6) is -1.99. The van der Waals surface area contributed by atoms with Crippen molar-refractivity contribution in [3.8, 4) is 0 Å². The summed E-state index contributed by atoms with van der Waals surface area (Å²) < 4.78 is 26.5.